The van der Waals surface area contributed by atoms with Crippen LogP contribution >= 0.6 is 0 Å². The van der Waals surface area contributed by atoms with Gasteiger partial charge >= 0.3 is 0 Å². The molecule has 1 aliphatic heterocycles. The standard InChI is InChI=1S/C14H22N2/c1-11-9-16(10-12(11)2)14-6-4-3-5-13(14)7-8-15/h3-6,11-12H,7-10,15H2,1-2H3. The Labute approximate surface area is 98.4 Å². The quantitative estimate of drug-likeness (QED) is 0.843. The van der Waals surface area contributed by atoms with Crippen molar-refractivity contribution in [1.29, 1.82) is 0 Å². The van der Waals surface area contributed by atoms with Gasteiger partial charge < -0.3 is 10.6 Å². The largest absolute Gasteiger partial charge is 0.371 e. The van der Waals surface area contributed by atoms with Crippen LogP contribution in [-0.2, 0) is 6.42 Å². The molecule has 0 amide bonds. The molecule has 1 saturated heterocycles. The smallest absolute Gasteiger partial charge is 0.0399 e. The molecule has 1 aliphatic rings. The first-order valence-corrected chi connectivity index (χ1v) is 6.25. The van der Waals surface area contributed by atoms with Crippen molar-refractivity contribution in [2.75, 3.05) is 24.5 Å². The Balaban J connectivity index is 2.20. The summed E-state index contributed by atoms with van der Waals surface area (Å²) in [5.41, 5.74) is 8.45. The highest BCUT2D eigenvalue weighted by Gasteiger charge is 2.26. The van der Waals surface area contributed by atoms with Crippen LogP contribution in [-0.4, -0.2) is 19.6 Å². The molecule has 1 fully saturated rings. The summed E-state index contributed by atoms with van der Waals surface area (Å²) in [6.45, 7) is 7.79. The molecule has 2 atom stereocenters. The van der Waals surface area contributed by atoms with E-state index in [0.717, 1.165) is 24.8 Å². The van der Waals surface area contributed by atoms with E-state index in [1.807, 2.05) is 0 Å². The number of hydrogen-bond donors (Lipinski definition) is 1. The Kier molecular flexibility index (Phi) is 3.49. The van der Waals surface area contributed by atoms with Gasteiger partial charge in [0.15, 0.2) is 0 Å². The van der Waals surface area contributed by atoms with Crippen LogP contribution in [0.5, 0.6) is 0 Å². The summed E-state index contributed by atoms with van der Waals surface area (Å²) < 4.78 is 0. The van der Waals surface area contributed by atoms with Crippen LogP contribution in [0.1, 0.15) is 19.4 Å². The summed E-state index contributed by atoms with van der Waals surface area (Å²) in [5.74, 6) is 1.59. The average molecular weight is 218 g/mol. The van der Waals surface area contributed by atoms with Gasteiger partial charge in [0.25, 0.3) is 0 Å². The third kappa shape index (κ3) is 2.22. The lowest BCUT2D eigenvalue weighted by molar-refractivity contribution is 0.494. The summed E-state index contributed by atoms with van der Waals surface area (Å²) in [6, 6.07) is 8.67. The van der Waals surface area contributed by atoms with E-state index >= 15 is 0 Å². The maximum atomic E-state index is 5.66. The first kappa shape index (κ1) is 11.5. The van der Waals surface area contributed by atoms with Gasteiger partial charge in [0.05, 0.1) is 0 Å². The van der Waals surface area contributed by atoms with Gasteiger partial charge in [-0.15, -0.1) is 0 Å². The fourth-order valence-electron chi connectivity index (χ4n) is 2.51. The number of rotatable bonds is 3. The molecule has 2 N–H and O–H groups in total. The number of para-hydroxylation sites is 1. The molecule has 1 aromatic rings. The number of hydrogen-bond acceptors (Lipinski definition) is 2. The molecule has 0 saturated carbocycles. The summed E-state index contributed by atoms with van der Waals surface area (Å²) >= 11 is 0. The molecule has 2 heteroatoms. The SMILES string of the molecule is CC1CN(c2ccccc2CCN)CC1C. The van der Waals surface area contributed by atoms with Gasteiger partial charge in [-0.3, -0.25) is 0 Å². The van der Waals surface area contributed by atoms with E-state index in [1.165, 1.54) is 24.3 Å². The second-order valence-corrected chi connectivity index (χ2v) is 5.03. The zero-order chi connectivity index (χ0) is 11.5. The van der Waals surface area contributed by atoms with E-state index < -0.39 is 0 Å². The van der Waals surface area contributed by atoms with Crippen LogP contribution in [0.15, 0.2) is 24.3 Å². The van der Waals surface area contributed by atoms with E-state index in [4.69, 9.17) is 5.73 Å². The third-order valence-electron chi connectivity index (χ3n) is 3.73. The van der Waals surface area contributed by atoms with Crippen molar-refractivity contribution >= 4 is 5.69 Å². The van der Waals surface area contributed by atoms with Gasteiger partial charge in [0, 0.05) is 18.8 Å². The monoisotopic (exact) mass is 218 g/mol. The third-order valence-corrected chi connectivity index (χ3v) is 3.73. The Morgan fingerprint density at radius 2 is 1.81 bits per heavy atom. The van der Waals surface area contributed by atoms with Gasteiger partial charge in [-0.1, -0.05) is 32.0 Å². The van der Waals surface area contributed by atoms with Gasteiger partial charge in [-0.25, -0.2) is 0 Å². The van der Waals surface area contributed by atoms with Crippen LogP contribution in [0.2, 0.25) is 0 Å². The molecule has 0 spiro atoms. The Morgan fingerprint density at radius 3 is 2.44 bits per heavy atom. The molecule has 0 radical (unpaired) electrons. The second-order valence-electron chi connectivity index (χ2n) is 5.03. The fourth-order valence-corrected chi connectivity index (χ4v) is 2.51. The number of benzene rings is 1. The van der Waals surface area contributed by atoms with Crippen molar-refractivity contribution < 1.29 is 0 Å². The summed E-state index contributed by atoms with van der Waals surface area (Å²) in [4.78, 5) is 2.51. The minimum absolute atomic E-state index is 0.732. The number of nitrogens with two attached hydrogens (primary N) is 1. The van der Waals surface area contributed by atoms with E-state index in [-0.39, 0.29) is 0 Å². The topological polar surface area (TPSA) is 29.3 Å². The Hall–Kier alpha value is -1.02. The van der Waals surface area contributed by atoms with E-state index in [1.54, 1.807) is 0 Å². The van der Waals surface area contributed by atoms with Crippen molar-refractivity contribution in [2.45, 2.75) is 20.3 Å². The Morgan fingerprint density at radius 1 is 1.19 bits per heavy atom. The predicted octanol–water partition coefficient (Wildman–Crippen LogP) is 2.28. The lowest BCUT2D eigenvalue weighted by Gasteiger charge is -2.21. The van der Waals surface area contributed by atoms with Gasteiger partial charge in [0.2, 0.25) is 0 Å². The molecular formula is C14H22N2. The zero-order valence-corrected chi connectivity index (χ0v) is 10.3. The molecule has 2 unspecified atom stereocenters. The minimum atomic E-state index is 0.732. The average Bonchev–Trinajstić information content (AvgIpc) is 2.60. The maximum Gasteiger partial charge on any atom is 0.0399 e. The predicted molar refractivity (Wildman–Crippen MR) is 69.7 cm³/mol. The van der Waals surface area contributed by atoms with E-state index in [2.05, 4.69) is 43.0 Å². The van der Waals surface area contributed by atoms with E-state index in [0.29, 0.717) is 0 Å². The van der Waals surface area contributed by atoms with Crippen molar-refractivity contribution in [1.82, 2.24) is 0 Å². The second kappa shape index (κ2) is 4.88. The van der Waals surface area contributed by atoms with Crippen molar-refractivity contribution in [2.24, 2.45) is 17.6 Å². The van der Waals surface area contributed by atoms with Gasteiger partial charge in [-0.2, -0.15) is 0 Å². The molecule has 16 heavy (non-hydrogen) atoms. The van der Waals surface area contributed by atoms with Crippen molar-refractivity contribution in [3.05, 3.63) is 29.8 Å². The molecule has 0 aromatic heterocycles. The first-order chi connectivity index (χ1) is 7.72. The normalized spacial score (nSPS) is 25.1. The molecule has 88 valence electrons. The number of anilines is 1. The molecule has 0 bridgehead atoms. The highest BCUT2D eigenvalue weighted by atomic mass is 15.2. The molecule has 2 nitrogen and oxygen atoms in total. The molecule has 1 aromatic carbocycles. The first-order valence-electron chi connectivity index (χ1n) is 6.25. The highest BCUT2D eigenvalue weighted by molar-refractivity contribution is 5.54. The van der Waals surface area contributed by atoms with E-state index in [9.17, 15) is 0 Å². The molecule has 0 aliphatic carbocycles. The van der Waals surface area contributed by atoms with Crippen LogP contribution in [0.25, 0.3) is 0 Å². The van der Waals surface area contributed by atoms with Crippen LogP contribution < -0.4 is 10.6 Å². The lowest BCUT2D eigenvalue weighted by atomic mass is 10.0. The van der Waals surface area contributed by atoms with Gasteiger partial charge in [-0.05, 0) is 36.4 Å². The summed E-state index contributed by atoms with van der Waals surface area (Å²) in [5, 5.41) is 0. The molecule has 2 rings (SSSR count). The molecule has 1 heterocycles. The van der Waals surface area contributed by atoms with Crippen LogP contribution in [0.4, 0.5) is 5.69 Å². The fraction of sp³-hybridized carbons (Fsp3) is 0.571. The van der Waals surface area contributed by atoms with Crippen LogP contribution in [0.3, 0.4) is 0 Å². The highest BCUT2D eigenvalue weighted by Crippen LogP contribution is 2.30. The summed E-state index contributed by atoms with van der Waals surface area (Å²) in [6.07, 6.45) is 0.982. The van der Waals surface area contributed by atoms with Crippen molar-refractivity contribution in [3.63, 3.8) is 0 Å². The lowest BCUT2D eigenvalue weighted by Crippen LogP contribution is -2.21. The maximum absolute atomic E-state index is 5.66. The zero-order valence-electron chi connectivity index (χ0n) is 10.3. The summed E-state index contributed by atoms with van der Waals surface area (Å²) in [7, 11) is 0. The Bertz CT molecular complexity index is 338. The number of nitrogens with zero attached hydrogens (tertiary/aromatic N) is 1. The minimum Gasteiger partial charge on any atom is -0.371 e. The molecular weight excluding hydrogens is 196 g/mol. The van der Waals surface area contributed by atoms with Crippen LogP contribution in [0, 0.1) is 11.8 Å². The van der Waals surface area contributed by atoms with Gasteiger partial charge in [0.1, 0.15) is 0 Å². The van der Waals surface area contributed by atoms with Crippen molar-refractivity contribution in [3.8, 4) is 0 Å².